The van der Waals surface area contributed by atoms with Crippen molar-refractivity contribution in [3.63, 3.8) is 0 Å². The molecule has 2 fully saturated rings. The van der Waals surface area contributed by atoms with Crippen LogP contribution in [-0.2, 0) is 6.18 Å². The normalized spacial score (nSPS) is 24.2. The van der Waals surface area contributed by atoms with E-state index in [1.165, 1.54) is 6.07 Å². The van der Waals surface area contributed by atoms with E-state index in [2.05, 4.69) is 25.4 Å². The summed E-state index contributed by atoms with van der Waals surface area (Å²) in [4.78, 5) is 6.71. The molecular formula is C18H17F3N6O. The van der Waals surface area contributed by atoms with Crippen LogP contribution in [0.1, 0.15) is 12.0 Å². The number of imidazole rings is 1. The van der Waals surface area contributed by atoms with Gasteiger partial charge in [0.2, 0.25) is 0 Å². The molecule has 2 aliphatic heterocycles. The van der Waals surface area contributed by atoms with E-state index in [4.69, 9.17) is 0 Å². The van der Waals surface area contributed by atoms with Gasteiger partial charge in [-0.05, 0) is 37.1 Å². The summed E-state index contributed by atoms with van der Waals surface area (Å²) >= 11 is 0. The van der Waals surface area contributed by atoms with Crippen molar-refractivity contribution in [2.24, 2.45) is 5.92 Å². The van der Waals surface area contributed by atoms with E-state index in [1.54, 1.807) is 16.8 Å². The van der Waals surface area contributed by atoms with Gasteiger partial charge in [-0.25, -0.2) is 4.98 Å². The predicted octanol–water partition coefficient (Wildman–Crippen LogP) is 2.63. The van der Waals surface area contributed by atoms with Crippen LogP contribution in [0.25, 0.3) is 17.0 Å². The molecule has 0 amide bonds. The van der Waals surface area contributed by atoms with Gasteiger partial charge in [-0.3, -0.25) is 4.40 Å². The standard InChI is InChI=1S/C18H17F3N6O/c19-18(20,21)11-1-2-12(14(28)7-11)16-25-24-15(17-22-4-6-27(16)17)23-13-9-26-5-3-10(13)8-26/h1-2,4,6-7,10,13,28H,3,5,8-9H2,(H,23,24). The van der Waals surface area contributed by atoms with Crippen molar-refractivity contribution in [3.8, 4) is 17.1 Å². The third-order valence-electron chi connectivity index (χ3n) is 5.55. The van der Waals surface area contributed by atoms with Gasteiger partial charge in [0.25, 0.3) is 0 Å². The number of rotatable bonds is 3. The molecule has 0 aliphatic carbocycles. The molecule has 2 N–H and O–H groups in total. The van der Waals surface area contributed by atoms with E-state index >= 15 is 0 Å². The number of benzene rings is 1. The summed E-state index contributed by atoms with van der Waals surface area (Å²) in [6.07, 6.45) is -0.172. The number of hydrogen-bond acceptors (Lipinski definition) is 6. The largest absolute Gasteiger partial charge is 0.507 e. The second kappa shape index (κ2) is 6.06. The minimum atomic E-state index is -4.53. The highest BCUT2D eigenvalue weighted by Gasteiger charge is 2.38. The molecule has 1 aromatic carbocycles. The first kappa shape index (κ1) is 17.2. The Morgan fingerprint density at radius 2 is 2.04 bits per heavy atom. The number of alkyl halides is 3. The molecular weight excluding hydrogens is 373 g/mol. The summed E-state index contributed by atoms with van der Waals surface area (Å²) in [6.45, 7) is 3.15. The lowest BCUT2D eigenvalue weighted by atomic mass is 10.0. The second-order valence-electron chi connectivity index (χ2n) is 7.28. The van der Waals surface area contributed by atoms with Crippen molar-refractivity contribution in [2.45, 2.75) is 18.6 Å². The average Bonchev–Trinajstić information content (AvgIpc) is 3.38. The predicted molar refractivity (Wildman–Crippen MR) is 94.8 cm³/mol. The maximum atomic E-state index is 12.8. The molecule has 7 nitrogen and oxygen atoms in total. The van der Waals surface area contributed by atoms with Gasteiger partial charge >= 0.3 is 6.18 Å². The van der Waals surface area contributed by atoms with Gasteiger partial charge in [-0.15, -0.1) is 10.2 Å². The fourth-order valence-corrected chi connectivity index (χ4v) is 4.14. The third-order valence-corrected chi connectivity index (χ3v) is 5.55. The quantitative estimate of drug-likeness (QED) is 0.716. The SMILES string of the molecule is Oc1cc(C(F)(F)F)ccc1-c1nnc(NC2CN3CCC2C3)c2nccn12. The van der Waals surface area contributed by atoms with Gasteiger partial charge in [0.05, 0.1) is 11.1 Å². The van der Waals surface area contributed by atoms with Crippen molar-refractivity contribution < 1.29 is 18.3 Å². The molecule has 3 aromatic rings. The maximum absolute atomic E-state index is 12.8. The smallest absolute Gasteiger partial charge is 0.416 e. The summed E-state index contributed by atoms with van der Waals surface area (Å²) < 4.78 is 40.2. The third kappa shape index (κ3) is 2.75. The molecule has 4 heterocycles. The Morgan fingerprint density at radius 1 is 1.18 bits per heavy atom. The lowest BCUT2D eigenvalue weighted by Crippen LogP contribution is -2.34. The Balaban J connectivity index is 1.51. The van der Waals surface area contributed by atoms with Crippen LogP contribution in [0.3, 0.4) is 0 Å². The Hall–Kier alpha value is -2.88. The van der Waals surface area contributed by atoms with Crippen molar-refractivity contribution in [1.29, 1.82) is 0 Å². The van der Waals surface area contributed by atoms with Gasteiger partial charge in [-0.2, -0.15) is 13.2 Å². The zero-order valence-electron chi connectivity index (χ0n) is 14.7. The molecule has 3 atom stereocenters. The number of piperidine rings is 1. The zero-order valence-corrected chi connectivity index (χ0v) is 14.7. The molecule has 0 spiro atoms. The van der Waals surface area contributed by atoms with E-state index in [9.17, 15) is 18.3 Å². The van der Waals surface area contributed by atoms with Gasteiger partial charge in [-0.1, -0.05) is 0 Å². The highest BCUT2D eigenvalue weighted by molar-refractivity contribution is 5.71. The molecule has 5 rings (SSSR count). The van der Waals surface area contributed by atoms with Crippen LogP contribution in [0.15, 0.2) is 30.6 Å². The highest BCUT2D eigenvalue weighted by atomic mass is 19.4. The van der Waals surface area contributed by atoms with Crippen LogP contribution in [0.2, 0.25) is 0 Å². The molecule has 146 valence electrons. The summed E-state index contributed by atoms with van der Waals surface area (Å²) in [5, 5.41) is 21.9. The van der Waals surface area contributed by atoms with Gasteiger partial charge in [0.1, 0.15) is 5.75 Å². The zero-order chi connectivity index (χ0) is 19.5. The lowest BCUT2D eigenvalue weighted by molar-refractivity contribution is -0.137. The monoisotopic (exact) mass is 390 g/mol. The Bertz CT molecular complexity index is 1050. The Kier molecular flexibility index (Phi) is 3.73. The molecule has 28 heavy (non-hydrogen) atoms. The van der Waals surface area contributed by atoms with Crippen LogP contribution >= 0.6 is 0 Å². The first-order chi connectivity index (χ1) is 13.4. The minimum absolute atomic E-state index is 0.154. The molecule has 10 heteroatoms. The van der Waals surface area contributed by atoms with Crippen LogP contribution < -0.4 is 5.32 Å². The van der Waals surface area contributed by atoms with E-state index in [1.807, 2.05) is 0 Å². The van der Waals surface area contributed by atoms with Crippen molar-refractivity contribution in [1.82, 2.24) is 24.5 Å². The molecule has 2 aromatic heterocycles. The molecule has 0 saturated carbocycles. The average molecular weight is 390 g/mol. The number of fused-ring (bicyclic) bond motifs is 3. The van der Waals surface area contributed by atoms with Crippen LogP contribution in [0.4, 0.5) is 19.0 Å². The number of halogens is 3. The van der Waals surface area contributed by atoms with Crippen molar-refractivity contribution >= 4 is 11.5 Å². The fourth-order valence-electron chi connectivity index (χ4n) is 4.14. The topological polar surface area (TPSA) is 78.6 Å². The number of phenolic OH excluding ortho intramolecular Hbond substituents is 1. The molecule has 2 aliphatic rings. The van der Waals surface area contributed by atoms with Gasteiger partial charge in [0.15, 0.2) is 17.3 Å². The van der Waals surface area contributed by atoms with Crippen LogP contribution in [-0.4, -0.2) is 55.3 Å². The summed E-state index contributed by atoms with van der Waals surface area (Å²) in [5.74, 6) is 0.802. The molecule has 3 unspecified atom stereocenters. The van der Waals surface area contributed by atoms with E-state index in [0.29, 0.717) is 23.4 Å². The Morgan fingerprint density at radius 3 is 2.71 bits per heavy atom. The summed E-state index contributed by atoms with van der Waals surface area (Å²) in [5.41, 5.74) is -0.253. The number of phenols is 1. The van der Waals surface area contributed by atoms with E-state index in [-0.39, 0.29) is 17.4 Å². The summed E-state index contributed by atoms with van der Waals surface area (Å²) in [7, 11) is 0. The number of hydrogen-bond donors (Lipinski definition) is 2. The minimum Gasteiger partial charge on any atom is -0.507 e. The lowest BCUT2D eigenvalue weighted by Gasteiger charge is -2.23. The number of aromatic nitrogens is 4. The van der Waals surface area contributed by atoms with E-state index < -0.39 is 17.5 Å². The number of nitrogens with zero attached hydrogens (tertiary/aromatic N) is 5. The highest BCUT2D eigenvalue weighted by Crippen LogP contribution is 2.36. The maximum Gasteiger partial charge on any atom is 0.416 e. The number of nitrogens with one attached hydrogen (secondary N) is 1. The van der Waals surface area contributed by atoms with Crippen molar-refractivity contribution in [2.75, 3.05) is 25.0 Å². The number of anilines is 1. The first-order valence-corrected chi connectivity index (χ1v) is 8.99. The van der Waals surface area contributed by atoms with Crippen LogP contribution in [0, 0.1) is 5.92 Å². The van der Waals surface area contributed by atoms with Gasteiger partial charge in [0, 0.05) is 31.5 Å². The van der Waals surface area contributed by atoms with Crippen LogP contribution in [0.5, 0.6) is 5.75 Å². The molecule has 0 radical (unpaired) electrons. The molecule has 2 bridgehead atoms. The Labute approximate surface area is 157 Å². The molecule has 2 saturated heterocycles. The van der Waals surface area contributed by atoms with E-state index in [0.717, 1.165) is 32.1 Å². The first-order valence-electron chi connectivity index (χ1n) is 8.99. The number of aromatic hydroxyl groups is 1. The summed E-state index contributed by atoms with van der Waals surface area (Å²) in [6, 6.07) is 3.07. The van der Waals surface area contributed by atoms with Gasteiger partial charge < -0.3 is 15.3 Å². The second-order valence-corrected chi connectivity index (χ2v) is 7.28. The fraction of sp³-hybridized carbons (Fsp3) is 0.389. The van der Waals surface area contributed by atoms with Crippen molar-refractivity contribution in [3.05, 3.63) is 36.2 Å².